The highest BCUT2D eigenvalue weighted by Gasteiger charge is 2.45. The van der Waals surface area contributed by atoms with E-state index < -0.39 is 9.84 Å². The Morgan fingerprint density at radius 2 is 1.82 bits per heavy atom. The molecule has 0 radical (unpaired) electrons. The van der Waals surface area contributed by atoms with Gasteiger partial charge in [-0.3, -0.25) is 0 Å². The van der Waals surface area contributed by atoms with Crippen molar-refractivity contribution in [3.05, 3.63) is 29.8 Å². The van der Waals surface area contributed by atoms with Crippen LogP contribution in [0.1, 0.15) is 10.8 Å². The van der Waals surface area contributed by atoms with E-state index in [1.165, 1.54) is 0 Å². The zero-order valence-electron chi connectivity index (χ0n) is 10.3. The first kappa shape index (κ1) is 12.4. The van der Waals surface area contributed by atoms with Crippen molar-refractivity contribution < 1.29 is 8.42 Å². The van der Waals surface area contributed by atoms with Gasteiger partial charge in [-0.1, -0.05) is 12.1 Å². The van der Waals surface area contributed by atoms with E-state index >= 15 is 0 Å². The molecular weight excluding hydrogens is 236 g/mol. The molecule has 1 fully saturated rings. The second-order valence-electron chi connectivity index (χ2n) is 4.63. The molecule has 94 valence electrons. The summed E-state index contributed by atoms with van der Waals surface area (Å²) in [5, 5.41) is 2.67. The van der Waals surface area contributed by atoms with Crippen LogP contribution in [0.25, 0.3) is 0 Å². The molecule has 2 unspecified atom stereocenters. The smallest absolute Gasteiger partial charge is 0.160 e. The quantitative estimate of drug-likeness (QED) is 0.867. The van der Waals surface area contributed by atoms with Crippen molar-refractivity contribution in [2.45, 2.75) is 11.3 Å². The Hall–Kier alpha value is -1.07. The van der Waals surface area contributed by atoms with Gasteiger partial charge in [0.2, 0.25) is 0 Å². The highest BCUT2D eigenvalue weighted by atomic mass is 32.2. The van der Waals surface area contributed by atoms with Gasteiger partial charge >= 0.3 is 0 Å². The van der Waals surface area contributed by atoms with Gasteiger partial charge in [0.15, 0.2) is 9.84 Å². The topological polar surface area (TPSA) is 49.4 Å². The number of hydrogen-bond acceptors (Lipinski definition) is 4. The van der Waals surface area contributed by atoms with Crippen LogP contribution in [0.5, 0.6) is 0 Å². The predicted molar refractivity (Wildman–Crippen MR) is 70.1 cm³/mol. The van der Waals surface area contributed by atoms with Gasteiger partial charge in [0, 0.05) is 25.8 Å². The summed E-state index contributed by atoms with van der Waals surface area (Å²) < 4.78 is 23.5. The van der Waals surface area contributed by atoms with Crippen LogP contribution >= 0.6 is 0 Å². The number of rotatable bonds is 3. The maximum atomic E-state index is 11.8. The first-order chi connectivity index (χ1) is 7.95. The van der Waals surface area contributed by atoms with Gasteiger partial charge in [-0.2, -0.15) is 0 Å². The highest BCUT2D eigenvalue weighted by molar-refractivity contribution is 7.93. The first-order valence-corrected chi connectivity index (χ1v) is 7.33. The molecule has 2 atom stereocenters. The number of nitrogens with zero attached hydrogens (tertiary/aromatic N) is 1. The number of nitrogens with one attached hydrogen (secondary N) is 1. The van der Waals surface area contributed by atoms with Crippen LogP contribution in [0.4, 0.5) is 5.69 Å². The van der Waals surface area contributed by atoms with Crippen LogP contribution in [-0.2, 0) is 9.84 Å². The second-order valence-corrected chi connectivity index (χ2v) is 6.80. The van der Waals surface area contributed by atoms with Gasteiger partial charge < -0.3 is 10.2 Å². The summed E-state index contributed by atoms with van der Waals surface area (Å²) in [6.07, 6.45) is 0. The Labute approximate surface area is 103 Å². The average molecular weight is 254 g/mol. The third-order valence-electron chi connectivity index (χ3n) is 3.27. The first-order valence-electron chi connectivity index (χ1n) is 5.62. The summed E-state index contributed by atoms with van der Waals surface area (Å²) in [6.45, 7) is 0. The predicted octanol–water partition coefficient (Wildman–Crippen LogP) is 0.810. The van der Waals surface area contributed by atoms with E-state index in [-0.39, 0.29) is 17.0 Å². The van der Waals surface area contributed by atoms with Crippen LogP contribution in [0.15, 0.2) is 24.3 Å². The van der Waals surface area contributed by atoms with Gasteiger partial charge in [0.1, 0.15) is 5.25 Å². The van der Waals surface area contributed by atoms with Crippen LogP contribution in [0.2, 0.25) is 0 Å². The fourth-order valence-electron chi connectivity index (χ4n) is 2.21. The Bertz CT molecular complexity index is 494. The summed E-state index contributed by atoms with van der Waals surface area (Å²) >= 11 is 0. The zero-order chi connectivity index (χ0) is 12.6. The Morgan fingerprint density at radius 1 is 1.24 bits per heavy atom. The molecule has 0 spiro atoms. The molecule has 0 amide bonds. The van der Waals surface area contributed by atoms with Gasteiger partial charge in [0.25, 0.3) is 0 Å². The molecule has 1 N–H and O–H groups in total. The number of benzene rings is 1. The molecule has 0 bridgehead atoms. The lowest BCUT2D eigenvalue weighted by molar-refractivity contribution is 0.482. The van der Waals surface area contributed by atoms with E-state index in [1.807, 2.05) is 43.3 Å². The largest absolute Gasteiger partial charge is 0.378 e. The van der Waals surface area contributed by atoms with E-state index in [0.29, 0.717) is 0 Å². The summed E-state index contributed by atoms with van der Waals surface area (Å²) in [6, 6.07) is 7.76. The average Bonchev–Trinajstić information content (AvgIpc) is 2.26. The van der Waals surface area contributed by atoms with E-state index in [4.69, 9.17) is 0 Å². The zero-order valence-corrected chi connectivity index (χ0v) is 11.2. The maximum Gasteiger partial charge on any atom is 0.160 e. The second kappa shape index (κ2) is 4.31. The molecule has 0 aromatic heterocycles. The molecule has 1 saturated heterocycles. The third-order valence-corrected chi connectivity index (χ3v) is 5.47. The Morgan fingerprint density at radius 3 is 2.24 bits per heavy atom. The maximum absolute atomic E-state index is 11.8. The van der Waals surface area contributed by atoms with E-state index in [0.717, 1.165) is 11.3 Å². The molecule has 1 aromatic rings. The minimum absolute atomic E-state index is 0.0465. The van der Waals surface area contributed by atoms with Crippen molar-refractivity contribution in [1.82, 2.24) is 5.32 Å². The van der Waals surface area contributed by atoms with Gasteiger partial charge in [-0.25, -0.2) is 8.42 Å². The minimum Gasteiger partial charge on any atom is -0.378 e. The monoisotopic (exact) mass is 254 g/mol. The number of hydrogen-bond donors (Lipinski definition) is 1. The van der Waals surface area contributed by atoms with Crippen LogP contribution < -0.4 is 10.2 Å². The molecule has 1 aliphatic rings. The van der Waals surface area contributed by atoms with E-state index in [2.05, 4.69) is 5.32 Å². The fourth-order valence-corrected chi connectivity index (χ4v) is 4.22. The summed E-state index contributed by atoms with van der Waals surface area (Å²) in [4.78, 5) is 1.99. The lowest BCUT2D eigenvalue weighted by Crippen LogP contribution is -2.52. The molecule has 4 nitrogen and oxygen atoms in total. The highest BCUT2D eigenvalue weighted by Crippen LogP contribution is 2.37. The van der Waals surface area contributed by atoms with Crippen molar-refractivity contribution in [3.8, 4) is 0 Å². The van der Waals surface area contributed by atoms with Crippen molar-refractivity contribution >= 4 is 15.5 Å². The van der Waals surface area contributed by atoms with Crippen LogP contribution in [0.3, 0.4) is 0 Å². The summed E-state index contributed by atoms with van der Waals surface area (Å²) in [7, 11) is 2.79. The molecule has 1 aromatic carbocycles. The lowest BCUT2D eigenvalue weighted by atomic mass is 10.0. The van der Waals surface area contributed by atoms with Crippen molar-refractivity contribution in [2.75, 3.05) is 31.8 Å². The van der Waals surface area contributed by atoms with Crippen LogP contribution in [0, 0.1) is 0 Å². The van der Waals surface area contributed by atoms with Crippen molar-refractivity contribution in [3.63, 3.8) is 0 Å². The van der Waals surface area contributed by atoms with Crippen molar-refractivity contribution in [1.29, 1.82) is 0 Å². The van der Waals surface area contributed by atoms with E-state index in [9.17, 15) is 8.42 Å². The molecule has 1 heterocycles. The molecule has 5 heteroatoms. The number of anilines is 1. The molecular formula is C12H18N2O2S. The van der Waals surface area contributed by atoms with Gasteiger partial charge in [-0.05, 0) is 24.7 Å². The molecule has 1 aliphatic heterocycles. The summed E-state index contributed by atoms with van der Waals surface area (Å²) in [5.41, 5.74) is 1.95. The van der Waals surface area contributed by atoms with Gasteiger partial charge in [0.05, 0.1) is 5.75 Å². The Balaban J connectivity index is 2.28. The van der Waals surface area contributed by atoms with Crippen molar-refractivity contribution in [2.24, 2.45) is 0 Å². The Kier molecular flexibility index (Phi) is 3.14. The molecule has 0 saturated carbocycles. The molecule has 2 rings (SSSR count). The standard InChI is InChI=1S/C12H18N2O2S/c1-13-11-8-17(15,16)12(11)9-4-6-10(7-5-9)14(2)3/h4-7,11-13H,8H2,1-3H3. The third kappa shape index (κ3) is 2.17. The lowest BCUT2D eigenvalue weighted by Gasteiger charge is -2.36. The number of likely N-dealkylation sites (N-methyl/N-ethyl adjacent to an activating group) is 1. The SMILES string of the molecule is CNC1CS(=O)(=O)C1c1ccc(N(C)C)cc1. The van der Waals surface area contributed by atoms with Gasteiger partial charge in [-0.15, -0.1) is 0 Å². The minimum atomic E-state index is -2.95. The normalized spacial score (nSPS) is 26.3. The van der Waals surface area contributed by atoms with Crippen LogP contribution in [-0.4, -0.2) is 41.4 Å². The molecule has 0 aliphatic carbocycles. The molecule has 17 heavy (non-hydrogen) atoms. The number of sulfone groups is 1. The fraction of sp³-hybridized carbons (Fsp3) is 0.500. The van der Waals surface area contributed by atoms with E-state index in [1.54, 1.807) is 7.05 Å². The summed E-state index contributed by atoms with van der Waals surface area (Å²) in [5.74, 6) is 0.240.